The Balaban J connectivity index is 0.00000225. The van der Waals surface area contributed by atoms with Crippen LogP contribution in [0.25, 0.3) is 11.4 Å². The number of hydrogen-bond acceptors (Lipinski definition) is 6. The Kier molecular flexibility index (Phi) is 6.52. The van der Waals surface area contributed by atoms with Crippen LogP contribution in [0.3, 0.4) is 0 Å². The van der Waals surface area contributed by atoms with E-state index in [-0.39, 0.29) is 18.3 Å². The van der Waals surface area contributed by atoms with Crippen molar-refractivity contribution in [3.63, 3.8) is 0 Å². The number of piperidine rings is 1. The second kappa shape index (κ2) is 8.42. The van der Waals surface area contributed by atoms with Crippen LogP contribution in [-0.4, -0.2) is 42.9 Å². The first-order chi connectivity index (χ1) is 11.6. The molecule has 0 aliphatic carbocycles. The molecule has 0 saturated carbocycles. The van der Waals surface area contributed by atoms with E-state index in [1.54, 1.807) is 14.0 Å². The number of benzene rings is 1. The van der Waals surface area contributed by atoms with Crippen LogP contribution >= 0.6 is 12.4 Å². The number of amides is 1. The van der Waals surface area contributed by atoms with E-state index >= 15 is 0 Å². The first-order valence-corrected chi connectivity index (χ1v) is 8.05. The molecule has 0 radical (unpaired) electrons. The van der Waals surface area contributed by atoms with Crippen molar-refractivity contribution in [3.8, 4) is 11.4 Å². The maximum absolute atomic E-state index is 12.9. The average Bonchev–Trinajstić information content (AvgIpc) is 3.03. The predicted molar refractivity (Wildman–Crippen MR) is 96.8 cm³/mol. The van der Waals surface area contributed by atoms with Gasteiger partial charge in [0.1, 0.15) is 0 Å². The van der Waals surface area contributed by atoms with Crippen molar-refractivity contribution in [1.29, 1.82) is 0 Å². The molecule has 1 saturated heterocycles. The lowest BCUT2D eigenvalue weighted by Gasteiger charge is -2.35. The quantitative estimate of drug-likeness (QED) is 0.844. The highest BCUT2D eigenvalue weighted by atomic mass is 35.5. The minimum atomic E-state index is -0.487. The smallest absolute Gasteiger partial charge is 0.233 e. The van der Waals surface area contributed by atoms with Gasteiger partial charge in [-0.15, -0.1) is 12.4 Å². The van der Waals surface area contributed by atoms with Crippen LogP contribution in [0.1, 0.15) is 18.7 Å². The number of methoxy groups -OCH3 is 1. The van der Waals surface area contributed by atoms with E-state index in [2.05, 4.69) is 20.8 Å². The van der Waals surface area contributed by atoms with Gasteiger partial charge in [0.25, 0.3) is 0 Å². The molecule has 0 unspecified atom stereocenters. The molecule has 0 atom stereocenters. The standard InChI is InChI=1S/C17H22N4O3.ClH/c1-12-19-15(21-24-12)13-4-3-5-14(10-13)20-16(22)17(11-23-2)6-8-18-9-7-17;/h3-5,10,18H,6-9,11H2,1-2H3,(H,20,22);1H. The zero-order valence-corrected chi connectivity index (χ0v) is 15.2. The summed E-state index contributed by atoms with van der Waals surface area (Å²) >= 11 is 0. The topological polar surface area (TPSA) is 89.3 Å². The molecule has 0 spiro atoms. The van der Waals surface area contributed by atoms with Crippen LogP contribution in [-0.2, 0) is 9.53 Å². The van der Waals surface area contributed by atoms with Gasteiger partial charge in [-0.25, -0.2) is 0 Å². The number of ether oxygens (including phenoxy) is 1. The summed E-state index contributed by atoms with van der Waals surface area (Å²) in [6, 6.07) is 7.46. The highest BCUT2D eigenvalue weighted by Gasteiger charge is 2.39. The number of carbonyl (C=O) groups is 1. The van der Waals surface area contributed by atoms with Crippen LogP contribution in [0.4, 0.5) is 5.69 Å². The van der Waals surface area contributed by atoms with Crippen molar-refractivity contribution in [1.82, 2.24) is 15.5 Å². The van der Waals surface area contributed by atoms with Crippen LogP contribution in [0.15, 0.2) is 28.8 Å². The predicted octanol–water partition coefficient (Wildman–Crippen LogP) is 2.42. The molecule has 1 aliphatic heterocycles. The Morgan fingerprint density at radius 1 is 1.40 bits per heavy atom. The fourth-order valence-electron chi connectivity index (χ4n) is 3.03. The van der Waals surface area contributed by atoms with E-state index in [0.717, 1.165) is 31.5 Å². The van der Waals surface area contributed by atoms with Gasteiger partial charge in [0.15, 0.2) is 0 Å². The highest BCUT2D eigenvalue weighted by Crippen LogP contribution is 2.31. The molecule has 8 heteroatoms. The van der Waals surface area contributed by atoms with Gasteiger partial charge in [0, 0.05) is 25.3 Å². The molecule has 2 aromatic rings. The maximum Gasteiger partial charge on any atom is 0.233 e. The van der Waals surface area contributed by atoms with Gasteiger partial charge >= 0.3 is 0 Å². The number of carbonyl (C=O) groups excluding carboxylic acids is 1. The first-order valence-electron chi connectivity index (χ1n) is 8.05. The molecule has 1 amide bonds. The summed E-state index contributed by atoms with van der Waals surface area (Å²) in [4.78, 5) is 17.1. The Hall–Kier alpha value is -1.96. The largest absolute Gasteiger partial charge is 0.384 e. The van der Waals surface area contributed by atoms with E-state index in [9.17, 15) is 4.79 Å². The van der Waals surface area contributed by atoms with Crippen molar-refractivity contribution in [2.24, 2.45) is 5.41 Å². The van der Waals surface area contributed by atoms with Crippen molar-refractivity contribution in [2.75, 3.05) is 32.1 Å². The zero-order chi connectivity index (χ0) is 17.0. The van der Waals surface area contributed by atoms with Gasteiger partial charge in [-0.2, -0.15) is 4.98 Å². The number of halogens is 1. The van der Waals surface area contributed by atoms with Gasteiger partial charge in [-0.3, -0.25) is 4.79 Å². The van der Waals surface area contributed by atoms with Gasteiger partial charge in [0.2, 0.25) is 17.6 Å². The molecule has 0 bridgehead atoms. The SMILES string of the molecule is COCC1(C(=O)Nc2cccc(-c3noc(C)n3)c2)CCNCC1.Cl. The van der Waals surface area contributed by atoms with Crippen molar-refractivity contribution < 1.29 is 14.1 Å². The summed E-state index contributed by atoms with van der Waals surface area (Å²) in [5.74, 6) is 1.01. The lowest BCUT2D eigenvalue weighted by Crippen LogP contribution is -2.47. The number of rotatable bonds is 5. The molecule has 2 N–H and O–H groups in total. The summed E-state index contributed by atoms with van der Waals surface area (Å²) in [6.45, 7) is 3.80. The van der Waals surface area contributed by atoms with Crippen molar-refractivity contribution in [3.05, 3.63) is 30.2 Å². The summed E-state index contributed by atoms with van der Waals surface area (Å²) < 4.78 is 10.3. The zero-order valence-electron chi connectivity index (χ0n) is 14.4. The molecule has 3 rings (SSSR count). The Morgan fingerprint density at radius 3 is 2.80 bits per heavy atom. The Labute approximate surface area is 152 Å². The molecule has 1 aromatic carbocycles. The van der Waals surface area contributed by atoms with Crippen molar-refractivity contribution >= 4 is 24.0 Å². The van der Waals surface area contributed by atoms with Crippen LogP contribution < -0.4 is 10.6 Å². The van der Waals surface area contributed by atoms with Gasteiger partial charge in [-0.1, -0.05) is 17.3 Å². The molecule has 2 heterocycles. The fraction of sp³-hybridized carbons (Fsp3) is 0.471. The number of nitrogens with zero attached hydrogens (tertiary/aromatic N) is 2. The summed E-state index contributed by atoms with van der Waals surface area (Å²) in [6.07, 6.45) is 1.52. The van der Waals surface area contributed by atoms with E-state index in [0.29, 0.717) is 24.0 Å². The van der Waals surface area contributed by atoms with Crippen LogP contribution in [0.2, 0.25) is 0 Å². The lowest BCUT2D eigenvalue weighted by molar-refractivity contribution is -0.130. The van der Waals surface area contributed by atoms with Crippen molar-refractivity contribution in [2.45, 2.75) is 19.8 Å². The first kappa shape index (κ1) is 19.4. The number of aryl methyl sites for hydroxylation is 1. The van der Waals surface area contributed by atoms with Crippen LogP contribution in [0, 0.1) is 12.3 Å². The molecule has 1 fully saturated rings. The monoisotopic (exact) mass is 366 g/mol. The Morgan fingerprint density at radius 2 is 2.16 bits per heavy atom. The van der Waals surface area contributed by atoms with Gasteiger partial charge < -0.3 is 19.9 Å². The third-order valence-electron chi connectivity index (χ3n) is 4.37. The number of anilines is 1. The highest BCUT2D eigenvalue weighted by molar-refractivity contribution is 5.96. The fourth-order valence-corrected chi connectivity index (χ4v) is 3.03. The summed E-state index contributed by atoms with van der Waals surface area (Å²) in [5.41, 5.74) is 1.03. The second-order valence-electron chi connectivity index (χ2n) is 6.14. The molecule has 136 valence electrons. The minimum absolute atomic E-state index is 0. The normalized spacial score (nSPS) is 16.1. The van der Waals surface area contributed by atoms with Crippen LogP contribution in [0.5, 0.6) is 0 Å². The molecule has 7 nitrogen and oxygen atoms in total. The van der Waals surface area contributed by atoms with Gasteiger partial charge in [-0.05, 0) is 38.1 Å². The number of aromatic nitrogens is 2. The molecule has 1 aliphatic rings. The van der Waals surface area contributed by atoms with E-state index in [4.69, 9.17) is 9.26 Å². The third-order valence-corrected chi connectivity index (χ3v) is 4.37. The second-order valence-corrected chi connectivity index (χ2v) is 6.14. The molecule has 1 aromatic heterocycles. The number of nitrogens with one attached hydrogen (secondary N) is 2. The summed E-state index contributed by atoms with van der Waals surface area (Å²) in [7, 11) is 1.64. The maximum atomic E-state index is 12.9. The Bertz CT molecular complexity index is 708. The van der Waals surface area contributed by atoms with E-state index in [1.807, 2.05) is 24.3 Å². The van der Waals surface area contributed by atoms with E-state index < -0.39 is 5.41 Å². The number of hydrogen-bond donors (Lipinski definition) is 2. The molecular formula is C17H23ClN4O3. The molecular weight excluding hydrogens is 344 g/mol. The van der Waals surface area contributed by atoms with Gasteiger partial charge in [0.05, 0.1) is 12.0 Å². The van der Waals surface area contributed by atoms with E-state index in [1.165, 1.54) is 0 Å². The molecule has 25 heavy (non-hydrogen) atoms. The lowest BCUT2D eigenvalue weighted by atomic mass is 9.78. The third kappa shape index (κ3) is 4.36. The average molecular weight is 367 g/mol. The minimum Gasteiger partial charge on any atom is -0.384 e. The summed E-state index contributed by atoms with van der Waals surface area (Å²) in [5, 5.41) is 10.2.